The monoisotopic (exact) mass is 338 g/mol. The maximum Gasteiger partial charge on any atom is 0.335 e. The summed E-state index contributed by atoms with van der Waals surface area (Å²) in [6.07, 6.45) is 0. The molecule has 3 rings (SSSR count). The van der Waals surface area contributed by atoms with E-state index in [1.54, 1.807) is 24.3 Å². The Morgan fingerprint density at radius 3 is 1.80 bits per heavy atom. The Morgan fingerprint density at radius 2 is 1.32 bits per heavy atom. The molecule has 0 bridgehead atoms. The molecule has 0 atom stereocenters. The van der Waals surface area contributed by atoms with Crippen LogP contribution in [0.25, 0.3) is 11.1 Å². The molecule has 0 aromatic heterocycles. The first kappa shape index (κ1) is 17.3. The predicted octanol–water partition coefficient (Wildman–Crippen LogP) is 2.48. The summed E-state index contributed by atoms with van der Waals surface area (Å²) in [5, 5.41) is 8.95. The summed E-state index contributed by atoms with van der Waals surface area (Å²) in [6, 6.07) is 14.3. The van der Waals surface area contributed by atoms with Crippen LogP contribution in [0.1, 0.15) is 20.7 Å². The average Bonchev–Trinajstić information content (AvgIpc) is 2.64. The molecular formula is C20H22N2O3. The van der Waals surface area contributed by atoms with E-state index in [2.05, 4.69) is 16.8 Å². The number of carbonyl (C=O) groups excluding carboxylic acids is 1. The number of hydrogen-bond acceptors (Lipinski definition) is 4. The highest BCUT2D eigenvalue weighted by atomic mass is 16.4. The topological polar surface area (TPSA) is 60.9 Å². The minimum Gasteiger partial charge on any atom is -0.478 e. The number of hydrogen-bond donors (Lipinski definition) is 1. The molecule has 2 aromatic carbocycles. The summed E-state index contributed by atoms with van der Waals surface area (Å²) < 4.78 is 0. The van der Waals surface area contributed by atoms with E-state index in [-0.39, 0.29) is 11.3 Å². The second-order valence-electron chi connectivity index (χ2n) is 6.46. The van der Waals surface area contributed by atoms with Crippen LogP contribution in [-0.2, 0) is 0 Å². The second-order valence-corrected chi connectivity index (χ2v) is 6.46. The van der Waals surface area contributed by atoms with Crippen molar-refractivity contribution >= 4 is 11.8 Å². The third kappa shape index (κ3) is 4.32. The number of Topliss-reactive ketones (excluding diaryl/α,β-unsaturated/α-hetero) is 1. The van der Waals surface area contributed by atoms with E-state index in [1.807, 2.05) is 24.3 Å². The number of nitrogens with zero attached hydrogens (tertiary/aromatic N) is 2. The zero-order chi connectivity index (χ0) is 17.8. The summed E-state index contributed by atoms with van der Waals surface area (Å²) in [5.74, 6) is -0.797. The molecule has 0 radical (unpaired) electrons. The van der Waals surface area contributed by atoms with Crippen LogP contribution >= 0.6 is 0 Å². The van der Waals surface area contributed by atoms with Gasteiger partial charge in [-0.2, -0.15) is 0 Å². The van der Waals surface area contributed by atoms with Crippen LogP contribution in [0.15, 0.2) is 48.5 Å². The molecule has 1 N–H and O–H groups in total. The number of carboxylic acid groups (broad SMARTS) is 1. The lowest BCUT2D eigenvalue weighted by atomic mass is 10.0. The number of rotatable bonds is 5. The minimum absolute atomic E-state index is 0.136. The van der Waals surface area contributed by atoms with Crippen molar-refractivity contribution < 1.29 is 14.7 Å². The molecule has 5 nitrogen and oxygen atoms in total. The Bertz CT molecular complexity index is 746. The molecule has 1 aliphatic rings. The van der Waals surface area contributed by atoms with E-state index in [4.69, 9.17) is 5.11 Å². The summed E-state index contributed by atoms with van der Waals surface area (Å²) >= 11 is 0. The number of likely N-dealkylation sites (N-methyl/N-ethyl adjacent to an activating group) is 1. The van der Waals surface area contributed by atoms with Crippen molar-refractivity contribution in [1.29, 1.82) is 0 Å². The molecule has 25 heavy (non-hydrogen) atoms. The first-order valence-corrected chi connectivity index (χ1v) is 8.41. The van der Waals surface area contributed by atoms with Crippen LogP contribution in [0.4, 0.5) is 0 Å². The van der Waals surface area contributed by atoms with Gasteiger partial charge in [0.05, 0.1) is 12.1 Å². The van der Waals surface area contributed by atoms with Crippen molar-refractivity contribution in [3.05, 3.63) is 59.7 Å². The van der Waals surface area contributed by atoms with Gasteiger partial charge < -0.3 is 10.0 Å². The van der Waals surface area contributed by atoms with Crippen LogP contribution in [0, 0.1) is 0 Å². The van der Waals surface area contributed by atoms with Gasteiger partial charge in [0.15, 0.2) is 5.78 Å². The molecule has 0 unspecified atom stereocenters. The van der Waals surface area contributed by atoms with Gasteiger partial charge in [-0.15, -0.1) is 0 Å². The number of piperazine rings is 1. The Labute approximate surface area is 147 Å². The largest absolute Gasteiger partial charge is 0.478 e. The molecule has 130 valence electrons. The number of carbonyl (C=O) groups is 2. The SMILES string of the molecule is CN1CCN(CC(=O)c2ccc(-c3ccc(C(=O)O)cc3)cc2)CC1. The van der Waals surface area contributed by atoms with E-state index in [1.165, 1.54) is 0 Å². The maximum atomic E-state index is 12.4. The van der Waals surface area contributed by atoms with Gasteiger partial charge in [0.2, 0.25) is 0 Å². The Morgan fingerprint density at radius 1 is 0.840 bits per heavy atom. The zero-order valence-electron chi connectivity index (χ0n) is 14.3. The van der Waals surface area contributed by atoms with Gasteiger partial charge in [0.25, 0.3) is 0 Å². The maximum absolute atomic E-state index is 12.4. The van der Waals surface area contributed by atoms with E-state index >= 15 is 0 Å². The molecular weight excluding hydrogens is 316 g/mol. The predicted molar refractivity (Wildman–Crippen MR) is 97.1 cm³/mol. The number of benzene rings is 2. The quantitative estimate of drug-likeness (QED) is 0.849. The fraction of sp³-hybridized carbons (Fsp3) is 0.300. The number of carboxylic acids is 1. The lowest BCUT2D eigenvalue weighted by Crippen LogP contribution is -2.46. The second kappa shape index (κ2) is 7.59. The molecule has 1 heterocycles. The lowest BCUT2D eigenvalue weighted by molar-refractivity contribution is 0.0696. The average molecular weight is 338 g/mol. The van der Waals surface area contributed by atoms with Gasteiger partial charge >= 0.3 is 5.97 Å². The zero-order valence-corrected chi connectivity index (χ0v) is 14.3. The number of ketones is 1. The molecule has 0 amide bonds. The van der Waals surface area contributed by atoms with Crippen molar-refractivity contribution in [2.45, 2.75) is 0 Å². The minimum atomic E-state index is -0.934. The van der Waals surface area contributed by atoms with E-state index in [9.17, 15) is 9.59 Å². The Kier molecular flexibility index (Phi) is 5.26. The van der Waals surface area contributed by atoms with E-state index in [0.29, 0.717) is 12.1 Å². The van der Waals surface area contributed by atoms with Crippen molar-refractivity contribution in [3.63, 3.8) is 0 Å². The lowest BCUT2D eigenvalue weighted by Gasteiger charge is -2.31. The van der Waals surface area contributed by atoms with Gasteiger partial charge in [-0.05, 0) is 30.3 Å². The fourth-order valence-corrected chi connectivity index (χ4v) is 2.95. The molecule has 5 heteroatoms. The third-order valence-electron chi connectivity index (χ3n) is 4.64. The summed E-state index contributed by atoms with van der Waals surface area (Å²) in [5.41, 5.74) is 2.88. The van der Waals surface area contributed by atoms with Crippen molar-refractivity contribution in [2.24, 2.45) is 0 Å². The third-order valence-corrected chi connectivity index (χ3v) is 4.64. The van der Waals surface area contributed by atoms with E-state index < -0.39 is 5.97 Å². The smallest absolute Gasteiger partial charge is 0.335 e. The van der Waals surface area contributed by atoms with Gasteiger partial charge in [0, 0.05) is 31.7 Å². The molecule has 0 spiro atoms. The van der Waals surface area contributed by atoms with E-state index in [0.717, 1.165) is 37.3 Å². The van der Waals surface area contributed by atoms with Gasteiger partial charge in [-0.3, -0.25) is 9.69 Å². The Balaban J connectivity index is 1.65. The molecule has 1 saturated heterocycles. The van der Waals surface area contributed by atoms with Crippen molar-refractivity contribution in [1.82, 2.24) is 9.80 Å². The molecule has 0 saturated carbocycles. The number of aromatic carboxylic acids is 1. The van der Waals surface area contributed by atoms with Gasteiger partial charge in [-0.25, -0.2) is 4.79 Å². The molecule has 0 aliphatic carbocycles. The highest BCUT2D eigenvalue weighted by Crippen LogP contribution is 2.21. The molecule has 1 fully saturated rings. The van der Waals surface area contributed by atoms with Gasteiger partial charge in [-0.1, -0.05) is 36.4 Å². The summed E-state index contributed by atoms with van der Waals surface area (Å²) in [4.78, 5) is 27.8. The van der Waals surface area contributed by atoms with Gasteiger partial charge in [0.1, 0.15) is 0 Å². The fourth-order valence-electron chi connectivity index (χ4n) is 2.95. The highest BCUT2D eigenvalue weighted by molar-refractivity contribution is 5.98. The summed E-state index contributed by atoms with van der Waals surface area (Å²) in [6.45, 7) is 4.31. The molecule has 1 aliphatic heterocycles. The summed E-state index contributed by atoms with van der Waals surface area (Å²) in [7, 11) is 2.10. The molecule has 2 aromatic rings. The van der Waals surface area contributed by atoms with Crippen LogP contribution in [0.5, 0.6) is 0 Å². The van der Waals surface area contributed by atoms with Crippen LogP contribution in [0.3, 0.4) is 0 Å². The first-order chi connectivity index (χ1) is 12.0. The standard InChI is InChI=1S/C20H22N2O3/c1-21-10-12-22(13-11-21)14-19(23)17-6-2-15(3-7-17)16-4-8-18(9-5-16)20(24)25/h2-9H,10-14H2,1H3,(H,24,25). The Hall–Kier alpha value is -2.50. The highest BCUT2D eigenvalue weighted by Gasteiger charge is 2.17. The normalized spacial score (nSPS) is 15.9. The van der Waals surface area contributed by atoms with Crippen molar-refractivity contribution in [2.75, 3.05) is 39.8 Å². The van der Waals surface area contributed by atoms with Crippen LogP contribution in [0.2, 0.25) is 0 Å². The first-order valence-electron chi connectivity index (χ1n) is 8.41. The van der Waals surface area contributed by atoms with Crippen molar-refractivity contribution in [3.8, 4) is 11.1 Å². The van der Waals surface area contributed by atoms with Crippen LogP contribution in [-0.4, -0.2) is 66.4 Å². The van der Waals surface area contributed by atoms with Crippen LogP contribution < -0.4 is 0 Å².